The van der Waals surface area contributed by atoms with Crippen LogP contribution < -0.4 is 5.63 Å². The largest absolute Gasteiger partial charge is 0.427 e. The van der Waals surface area contributed by atoms with Crippen molar-refractivity contribution in [3.8, 4) is 0 Å². The van der Waals surface area contributed by atoms with Crippen LogP contribution in [-0.2, 0) is 4.74 Å². The fourth-order valence-electron chi connectivity index (χ4n) is 5.57. The molecular weight excluding hydrogens is 398 g/mol. The van der Waals surface area contributed by atoms with Crippen LogP contribution in [-0.4, -0.2) is 58.1 Å². The fourth-order valence-corrected chi connectivity index (χ4v) is 5.57. The van der Waals surface area contributed by atoms with E-state index < -0.39 is 11.7 Å². The first-order valence-electron chi connectivity index (χ1n) is 11.2. The van der Waals surface area contributed by atoms with E-state index in [0.29, 0.717) is 44.0 Å². The van der Waals surface area contributed by atoms with Crippen molar-refractivity contribution < 1.29 is 19.1 Å². The van der Waals surface area contributed by atoms with Crippen LogP contribution in [0, 0.1) is 18.8 Å². The van der Waals surface area contributed by atoms with Crippen molar-refractivity contribution in [1.82, 2.24) is 14.7 Å². The van der Waals surface area contributed by atoms with Crippen LogP contribution >= 0.6 is 0 Å². The molecule has 1 amide bonds. The van der Waals surface area contributed by atoms with E-state index in [1.807, 2.05) is 29.9 Å². The van der Waals surface area contributed by atoms with Gasteiger partial charge in [-0.2, -0.15) is 5.10 Å². The number of aliphatic hydroxyl groups is 1. The summed E-state index contributed by atoms with van der Waals surface area (Å²) in [5.74, 6) is 1.08. The molecule has 166 valence electrons. The van der Waals surface area contributed by atoms with Crippen molar-refractivity contribution in [3.05, 3.63) is 51.8 Å². The third-order valence-electron chi connectivity index (χ3n) is 7.27. The Morgan fingerprint density at radius 3 is 2.61 bits per heavy atom. The van der Waals surface area contributed by atoms with Crippen LogP contribution in [0.2, 0.25) is 0 Å². The first-order valence-corrected chi connectivity index (χ1v) is 11.2. The first kappa shape index (κ1) is 20.5. The van der Waals surface area contributed by atoms with E-state index in [1.54, 1.807) is 11.1 Å². The Morgan fingerprint density at radius 2 is 1.94 bits per heavy atom. The van der Waals surface area contributed by atoms with E-state index >= 15 is 0 Å². The van der Waals surface area contributed by atoms with Crippen molar-refractivity contribution in [2.75, 3.05) is 26.3 Å². The predicted octanol–water partition coefficient (Wildman–Crippen LogP) is 2.12. The molecule has 1 saturated carbocycles. The molecule has 0 spiro atoms. The van der Waals surface area contributed by atoms with Crippen LogP contribution in [0.15, 0.2) is 33.7 Å². The number of aliphatic hydroxyl groups excluding tert-OH is 1. The number of carbonyl (C=O) groups is 1. The molecule has 5 rings (SSSR count). The lowest BCUT2D eigenvalue weighted by molar-refractivity contribution is 0.0306. The maximum Gasteiger partial charge on any atom is 0.349 e. The zero-order chi connectivity index (χ0) is 21.5. The normalized spacial score (nSPS) is 29.2. The molecule has 3 aliphatic rings. The summed E-state index contributed by atoms with van der Waals surface area (Å²) in [4.78, 5) is 27.8. The number of hydrogen-bond acceptors (Lipinski definition) is 6. The van der Waals surface area contributed by atoms with E-state index in [4.69, 9.17) is 9.15 Å². The number of rotatable bonds is 3. The zero-order valence-corrected chi connectivity index (χ0v) is 17.8. The number of ether oxygens (including phenoxy) is 1. The minimum atomic E-state index is -0.546. The summed E-state index contributed by atoms with van der Waals surface area (Å²) < 4.78 is 12.8. The first-order chi connectivity index (χ1) is 15.0. The van der Waals surface area contributed by atoms with Gasteiger partial charge < -0.3 is 19.2 Å². The van der Waals surface area contributed by atoms with E-state index in [-0.39, 0.29) is 35.3 Å². The molecule has 31 heavy (non-hydrogen) atoms. The molecule has 8 nitrogen and oxygen atoms in total. The number of fused-ring (bicyclic) bond motifs is 1. The summed E-state index contributed by atoms with van der Waals surface area (Å²) >= 11 is 0. The van der Waals surface area contributed by atoms with Gasteiger partial charge in [0.25, 0.3) is 5.91 Å². The molecule has 0 radical (unpaired) electrons. The van der Waals surface area contributed by atoms with Crippen molar-refractivity contribution in [1.29, 1.82) is 0 Å². The SMILES string of the molecule is Cc1cc(C2CCOCC2)oc(=O)c1C(=O)N1C[C@H]2C[C@@H](n3cccn3)[C@H](O)C[C@H]2C1. The second-order valence-electron chi connectivity index (χ2n) is 9.20. The Balaban J connectivity index is 1.33. The zero-order valence-electron chi connectivity index (χ0n) is 17.8. The standard InChI is InChI=1S/C23H29N3O5/c1-14-9-20(15-3-7-30-8-4-15)31-23(29)21(14)22(28)25-12-16-10-18(26-6-2-5-24-26)19(27)11-17(16)13-25/h2,5-6,9,15-19,27H,3-4,7-8,10-13H2,1H3/t16-,17+,18-,19-/m1/s1. The lowest BCUT2D eigenvalue weighted by Crippen LogP contribution is -2.36. The molecule has 4 atom stereocenters. The van der Waals surface area contributed by atoms with Gasteiger partial charge in [0.1, 0.15) is 11.3 Å². The predicted molar refractivity (Wildman–Crippen MR) is 112 cm³/mol. The molecule has 8 heteroatoms. The number of aryl methyl sites for hydroxylation is 1. The third-order valence-corrected chi connectivity index (χ3v) is 7.27. The number of nitrogens with zero attached hydrogens (tertiary/aromatic N) is 3. The summed E-state index contributed by atoms with van der Waals surface area (Å²) in [6, 6.07) is 3.64. The minimum Gasteiger partial charge on any atom is -0.427 e. The second kappa shape index (κ2) is 8.24. The van der Waals surface area contributed by atoms with E-state index in [9.17, 15) is 14.7 Å². The Labute approximate surface area is 180 Å². The van der Waals surface area contributed by atoms with Gasteiger partial charge in [0, 0.05) is 44.6 Å². The van der Waals surface area contributed by atoms with Crippen molar-refractivity contribution >= 4 is 5.91 Å². The fraction of sp³-hybridized carbons (Fsp3) is 0.609. The van der Waals surface area contributed by atoms with Gasteiger partial charge in [0.2, 0.25) is 0 Å². The second-order valence-corrected chi connectivity index (χ2v) is 9.20. The minimum absolute atomic E-state index is 0.0723. The van der Waals surface area contributed by atoms with Gasteiger partial charge in [-0.25, -0.2) is 4.79 Å². The lowest BCUT2D eigenvalue weighted by Gasteiger charge is -2.35. The molecule has 2 aromatic heterocycles. The number of amides is 1. The molecule has 1 aliphatic carbocycles. The van der Waals surface area contributed by atoms with Crippen LogP contribution in [0.3, 0.4) is 0 Å². The van der Waals surface area contributed by atoms with Crippen molar-refractivity contribution in [3.63, 3.8) is 0 Å². The van der Waals surface area contributed by atoms with Gasteiger partial charge in [-0.15, -0.1) is 0 Å². The average Bonchev–Trinajstić information content (AvgIpc) is 3.43. The monoisotopic (exact) mass is 427 g/mol. The topological polar surface area (TPSA) is 97.8 Å². The highest BCUT2D eigenvalue weighted by Crippen LogP contribution is 2.41. The quantitative estimate of drug-likeness (QED) is 0.806. The number of aromatic nitrogens is 2. The Kier molecular flexibility index (Phi) is 5.44. The highest BCUT2D eigenvalue weighted by atomic mass is 16.5. The Bertz CT molecular complexity index is 995. The van der Waals surface area contributed by atoms with Crippen LogP contribution in [0.1, 0.15) is 59.3 Å². The summed E-state index contributed by atoms with van der Waals surface area (Å²) in [6.07, 6.45) is 6.16. The van der Waals surface area contributed by atoms with E-state index in [1.165, 1.54) is 0 Å². The molecule has 1 N–H and O–H groups in total. The highest BCUT2D eigenvalue weighted by molar-refractivity contribution is 5.95. The van der Waals surface area contributed by atoms with Crippen molar-refractivity contribution in [2.24, 2.45) is 11.8 Å². The van der Waals surface area contributed by atoms with Gasteiger partial charge in [-0.1, -0.05) is 0 Å². The summed E-state index contributed by atoms with van der Waals surface area (Å²) in [7, 11) is 0. The smallest absolute Gasteiger partial charge is 0.349 e. The van der Waals surface area contributed by atoms with Gasteiger partial charge in [-0.05, 0) is 62.1 Å². The molecular formula is C23H29N3O5. The van der Waals surface area contributed by atoms with Crippen LogP contribution in [0.25, 0.3) is 0 Å². The summed E-state index contributed by atoms with van der Waals surface area (Å²) in [6.45, 7) is 4.29. The lowest BCUT2D eigenvalue weighted by atomic mass is 9.77. The molecule has 0 aromatic carbocycles. The summed E-state index contributed by atoms with van der Waals surface area (Å²) in [5, 5.41) is 14.9. The molecule has 2 saturated heterocycles. The maximum absolute atomic E-state index is 13.3. The van der Waals surface area contributed by atoms with Gasteiger partial charge in [-0.3, -0.25) is 9.48 Å². The van der Waals surface area contributed by atoms with E-state index in [2.05, 4.69) is 5.10 Å². The van der Waals surface area contributed by atoms with Gasteiger partial charge >= 0.3 is 5.63 Å². The summed E-state index contributed by atoms with van der Waals surface area (Å²) in [5.41, 5.74) is 0.265. The van der Waals surface area contributed by atoms with Gasteiger partial charge in [0.15, 0.2) is 0 Å². The number of carbonyl (C=O) groups excluding carboxylic acids is 1. The van der Waals surface area contributed by atoms with Crippen molar-refractivity contribution in [2.45, 2.75) is 50.7 Å². The van der Waals surface area contributed by atoms with Crippen LogP contribution in [0.5, 0.6) is 0 Å². The number of hydrogen-bond donors (Lipinski definition) is 1. The molecule has 4 heterocycles. The van der Waals surface area contributed by atoms with Crippen LogP contribution in [0.4, 0.5) is 0 Å². The third kappa shape index (κ3) is 3.83. The Hall–Kier alpha value is -2.45. The molecule has 0 unspecified atom stereocenters. The average molecular weight is 428 g/mol. The Morgan fingerprint density at radius 1 is 1.19 bits per heavy atom. The molecule has 2 aliphatic heterocycles. The highest BCUT2D eigenvalue weighted by Gasteiger charge is 2.44. The molecule has 2 aromatic rings. The molecule has 3 fully saturated rings. The van der Waals surface area contributed by atoms with E-state index in [0.717, 1.165) is 19.3 Å². The molecule has 0 bridgehead atoms. The number of likely N-dealkylation sites (tertiary alicyclic amines) is 1. The van der Waals surface area contributed by atoms with Gasteiger partial charge in [0.05, 0.1) is 12.1 Å². The maximum atomic E-state index is 13.3.